The summed E-state index contributed by atoms with van der Waals surface area (Å²) >= 11 is 0. The van der Waals surface area contributed by atoms with Crippen molar-refractivity contribution in [2.75, 3.05) is 6.61 Å². The molecule has 0 aliphatic rings. The smallest absolute Gasteiger partial charge is 0.355 e. The van der Waals surface area contributed by atoms with Crippen LogP contribution in [0, 0.1) is 10.1 Å². The number of nitrogens with zero attached hydrogens (tertiary/aromatic N) is 3. The first-order valence-corrected chi connectivity index (χ1v) is 6.01. The van der Waals surface area contributed by atoms with Crippen molar-refractivity contribution in [3.8, 4) is 0 Å². The maximum absolute atomic E-state index is 11.5. The fraction of sp³-hybridized carbons (Fsp3) is 0.231. The lowest BCUT2D eigenvalue weighted by molar-refractivity contribution is -0.390. The van der Waals surface area contributed by atoms with E-state index < -0.39 is 10.9 Å². The molecule has 2 rings (SSSR count). The van der Waals surface area contributed by atoms with Gasteiger partial charge in [-0.25, -0.2) is 9.78 Å². The number of carbonyl (C=O) groups excluding carboxylic acids is 1. The fourth-order valence-corrected chi connectivity index (χ4v) is 1.79. The van der Waals surface area contributed by atoms with Crippen molar-refractivity contribution in [3.05, 3.63) is 45.8 Å². The fourth-order valence-electron chi connectivity index (χ4n) is 1.79. The van der Waals surface area contributed by atoms with Crippen LogP contribution in [0.15, 0.2) is 30.0 Å². The van der Waals surface area contributed by atoms with E-state index in [0.717, 1.165) is 0 Å². The van der Waals surface area contributed by atoms with Crippen LogP contribution in [0.5, 0.6) is 0 Å². The molecule has 20 heavy (non-hydrogen) atoms. The van der Waals surface area contributed by atoms with Crippen molar-refractivity contribution in [2.24, 2.45) is 0 Å². The molecular formula is C13H13N3O4. The minimum absolute atomic E-state index is 0.131. The van der Waals surface area contributed by atoms with Crippen molar-refractivity contribution < 1.29 is 14.5 Å². The standard InChI is InChI=1S/C13H13N3O4/c1-3-20-13(17)9(2)8-10-12(16(18)19)15-7-5-4-6-11(15)14-10/h4-8H,3H2,1-2H3/b9-8+. The molecule has 0 unspecified atom stereocenters. The molecule has 0 aromatic carbocycles. The number of esters is 1. The highest BCUT2D eigenvalue weighted by atomic mass is 16.6. The van der Waals surface area contributed by atoms with Crippen molar-refractivity contribution in [1.82, 2.24) is 9.38 Å². The van der Waals surface area contributed by atoms with Crippen LogP contribution in [0.1, 0.15) is 19.5 Å². The second-order valence-electron chi connectivity index (χ2n) is 4.05. The summed E-state index contributed by atoms with van der Waals surface area (Å²) in [5.74, 6) is -0.692. The summed E-state index contributed by atoms with van der Waals surface area (Å²) < 4.78 is 6.20. The number of aromatic nitrogens is 2. The Balaban J connectivity index is 2.54. The van der Waals surface area contributed by atoms with E-state index >= 15 is 0 Å². The lowest BCUT2D eigenvalue weighted by Crippen LogP contribution is -2.05. The summed E-state index contributed by atoms with van der Waals surface area (Å²) in [6.45, 7) is 3.47. The third kappa shape index (κ3) is 2.51. The van der Waals surface area contributed by atoms with Gasteiger partial charge in [-0.05, 0) is 30.9 Å². The van der Waals surface area contributed by atoms with Crippen molar-refractivity contribution in [3.63, 3.8) is 0 Å². The normalized spacial score (nSPS) is 11.6. The van der Waals surface area contributed by atoms with Crippen LogP contribution >= 0.6 is 0 Å². The molecule has 7 heteroatoms. The zero-order valence-electron chi connectivity index (χ0n) is 11.1. The quantitative estimate of drug-likeness (QED) is 0.369. The molecule has 2 aromatic heterocycles. The zero-order chi connectivity index (χ0) is 14.7. The van der Waals surface area contributed by atoms with Crippen LogP contribution in [0.2, 0.25) is 0 Å². The van der Waals surface area contributed by atoms with Crippen LogP contribution in [0.4, 0.5) is 5.82 Å². The third-order valence-electron chi connectivity index (χ3n) is 2.65. The minimum atomic E-state index is -0.524. The Bertz CT molecular complexity index is 703. The summed E-state index contributed by atoms with van der Waals surface area (Å²) in [5, 5.41) is 11.2. The van der Waals surface area contributed by atoms with E-state index in [-0.39, 0.29) is 23.7 Å². The van der Waals surface area contributed by atoms with Gasteiger partial charge in [-0.2, -0.15) is 4.40 Å². The Kier molecular flexibility index (Phi) is 3.79. The van der Waals surface area contributed by atoms with Gasteiger partial charge in [0.25, 0.3) is 0 Å². The van der Waals surface area contributed by atoms with Crippen LogP contribution in [0.25, 0.3) is 11.7 Å². The maximum atomic E-state index is 11.5. The van der Waals surface area contributed by atoms with E-state index in [1.165, 1.54) is 17.4 Å². The summed E-state index contributed by atoms with van der Waals surface area (Å²) in [6.07, 6.45) is 2.92. The largest absolute Gasteiger partial charge is 0.463 e. The Morgan fingerprint density at radius 3 is 2.95 bits per heavy atom. The molecule has 0 spiro atoms. The van der Waals surface area contributed by atoms with Crippen molar-refractivity contribution in [1.29, 1.82) is 0 Å². The molecule has 0 fully saturated rings. The molecule has 0 aliphatic carbocycles. The number of pyridine rings is 1. The third-order valence-corrected chi connectivity index (χ3v) is 2.65. The predicted octanol–water partition coefficient (Wildman–Crippen LogP) is 2.21. The lowest BCUT2D eigenvalue weighted by atomic mass is 10.2. The second-order valence-corrected chi connectivity index (χ2v) is 4.05. The average Bonchev–Trinajstić information content (AvgIpc) is 2.76. The Hall–Kier alpha value is -2.70. The van der Waals surface area contributed by atoms with Gasteiger partial charge >= 0.3 is 11.8 Å². The zero-order valence-corrected chi connectivity index (χ0v) is 11.1. The molecular weight excluding hydrogens is 262 g/mol. The van der Waals surface area contributed by atoms with Gasteiger partial charge in [-0.3, -0.25) is 0 Å². The molecule has 0 atom stereocenters. The summed E-state index contributed by atoms with van der Waals surface area (Å²) in [7, 11) is 0. The number of hydrogen-bond donors (Lipinski definition) is 0. The van der Waals surface area contributed by atoms with Gasteiger partial charge in [0, 0.05) is 11.6 Å². The van der Waals surface area contributed by atoms with E-state index in [1.807, 2.05) is 0 Å². The lowest BCUT2D eigenvalue weighted by Gasteiger charge is -2.00. The molecule has 2 aromatic rings. The first-order chi connectivity index (χ1) is 9.54. The van der Waals surface area contributed by atoms with Crippen LogP contribution in [-0.2, 0) is 9.53 Å². The van der Waals surface area contributed by atoms with E-state index in [0.29, 0.717) is 5.65 Å². The molecule has 0 bridgehead atoms. The molecule has 0 aliphatic heterocycles. The van der Waals surface area contributed by atoms with E-state index in [4.69, 9.17) is 4.74 Å². The molecule has 0 radical (unpaired) electrons. The molecule has 104 valence electrons. The maximum Gasteiger partial charge on any atom is 0.355 e. The van der Waals surface area contributed by atoms with Crippen LogP contribution < -0.4 is 0 Å². The summed E-state index contributed by atoms with van der Waals surface area (Å²) in [4.78, 5) is 26.4. The predicted molar refractivity (Wildman–Crippen MR) is 72.1 cm³/mol. The topological polar surface area (TPSA) is 86.7 Å². The number of nitro groups is 1. The van der Waals surface area contributed by atoms with Crippen molar-refractivity contribution >= 4 is 23.5 Å². The summed E-state index contributed by atoms with van der Waals surface area (Å²) in [6, 6.07) is 5.06. The minimum Gasteiger partial charge on any atom is -0.463 e. The molecule has 0 N–H and O–H groups in total. The van der Waals surface area contributed by atoms with Gasteiger partial charge in [0.05, 0.1) is 12.8 Å². The monoisotopic (exact) mass is 275 g/mol. The van der Waals surface area contributed by atoms with Gasteiger partial charge in [0.1, 0.15) is 0 Å². The highest BCUT2D eigenvalue weighted by Crippen LogP contribution is 2.22. The number of fused-ring (bicyclic) bond motifs is 1. The van der Waals surface area contributed by atoms with E-state index in [9.17, 15) is 14.9 Å². The Morgan fingerprint density at radius 2 is 2.30 bits per heavy atom. The number of hydrogen-bond acceptors (Lipinski definition) is 5. The number of carbonyl (C=O) groups is 1. The number of rotatable bonds is 4. The first-order valence-electron chi connectivity index (χ1n) is 6.01. The average molecular weight is 275 g/mol. The van der Waals surface area contributed by atoms with Crippen molar-refractivity contribution in [2.45, 2.75) is 13.8 Å². The van der Waals surface area contributed by atoms with E-state index in [2.05, 4.69) is 4.98 Å². The number of imidazole rings is 1. The molecule has 2 heterocycles. The van der Waals surface area contributed by atoms with Gasteiger partial charge in [0.15, 0.2) is 5.69 Å². The first kappa shape index (κ1) is 13.7. The van der Waals surface area contributed by atoms with Gasteiger partial charge in [-0.15, -0.1) is 0 Å². The second kappa shape index (κ2) is 5.52. The molecule has 0 amide bonds. The highest BCUT2D eigenvalue weighted by molar-refractivity contribution is 5.93. The van der Waals surface area contributed by atoms with Crippen LogP contribution in [-0.4, -0.2) is 26.9 Å². The Morgan fingerprint density at radius 1 is 1.55 bits per heavy atom. The van der Waals surface area contributed by atoms with Gasteiger partial charge < -0.3 is 14.9 Å². The van der Waals surface area contributed by atoms with Crippen LogP contribution in [0.3, 0.4) is 0 Å². The molecule has 7 nitrogen and oxygen atoms in total. The molecule has 0 saturated heterocycles. The summed E-state index contributed by atoms with van der Waals surface area (Å²) in [5.41, 5.74) is 0.840. The Labute approximate surface area is 114 Å². The van der Waals surface area contributed by atoms with Gasteiger partial charge in [-0.1, -0.05) is 6.07 Å². The van der Waals surface area contributed by atoms with Gasteiger partial charge in [0.2, 0.25) is 5.65 Å². The SMILES string of the molecule is CCOC(=O)/C(C)=C/c1nc2ccccn2c1[N+](=O)[O-]. The number of ether oxygens (including phenoxy) is 1. The molecule has 0 saturated carbocycles. The highest BCUT2D eigenvalue weighted by Gasteiger charge is 2.21. The van der Waals surface area contributed by atoms with E-state index in [1.54, 1.807) is 31.3 Å².